The molecule has 2 aliphatic rings. The first-order valence-corrected chi connectivity index (χ1v) is 11.4. The molecular formula is C26H29N3O3. The average molecular weight is 432 g/mol. The minimum atomic E-state index is 0.0170. The van der Waals surface area contributed by atoms with Gasteiger partial charge in [0.05, 0.1) is 19.2 Å². The topological polar surface area (TPSA) is 58.8 Å². The monoisotopic (exact) mass is 431 g/mol. The molecule has 166 valence electrons. The number of benzene rings is 2. The van der Waals surface area contributed by atoms with E-state index >= 15 is 0 Å². The molecule has 6 heteroatoms. The summed E-state index contributed by atoms with van der Waals surface area (Å²) in [6, 6.07) is 17.5. The average Bonchev–Trinajstić information content (AvgIpc) is 3.31. The summed E-state index contributed by atoms with van der Waals surface area (Å²) in [6.45, 7) is 3.15. The summed E-state index contributed by atoms with van der Waals surface area (Å²) in [6.07, 6.45) is 4.65. The number of anilines is 1. The molecule has 3 aromatic rings. The second kappa shape index (κ2) is 9.07. The van der Waals surface area contributed by atoms with Gasteiger partial charge in [-0.05, 0) is 49.8 Å². The van der Waals surface area contributed by atoms with Gasteiger partial charge >= 0.3 is 0 Å². The molecule has 0 N–H and O–H groups in total. The lowest BCUT2D eigenvalue weighted by Crippen LogP contribution is -2.33. The number of hydrogen-bond donors (Lipinski definition) is 0. The fraction of sp³-hybridized carbons (Fsp3) is 0.385. The predicted octanol–water partition coefficient (Wildman–Crippen LogP) is 5.00. The molecule has 1 aliphatic carbocycles. The summed E-state index contributed by atoms with van der Waals surface area (Å²) in [5.41, 5.74) is 3.48. The molecule has 1 saturated heterocycles. The zero-order valence-corrected chi connectivity index (χ0v) is 18.5. The van der Waals surface area contributed by atoms with Gasteiger partial charge in [0.1, 0.15) is 11.4 Å². The van der Waals surface area contributed by atoms with Crippen LogP contribution in [0.2, 0.25) is 0 Å². The second-order valence-corrected chi connectivity index (χ2v) is 8.74. The highest BCUT2D eigenvalue weighted by molar-refractivity contribution is 5.94. The Hall–Kier alpha value is -3.28. The van der Waals surface area contributed by atoms with E-state index in [2.05, 4.69) is 10.1 Å². The molecule has 1 amide bonds. The molecule has 1 aromatic heterocycles. The Bertz CT molecular complexity index is 1070. The number of rotatable bonds is 8. The van der Waals surface area contributed by atoms with Gasteiger partial charge in [-0.15, -0.1) is 0 Å². The summed E-state index contributed by atoms with van der Waals surface area (Å²) >= 11 is 0. The lowest BCUT2D eigenvalue weighted by molar-refractivity contribution is 0.0735. The first-order valence-electron chi connectivity index (χ1n) is 11.4. The number of ether oxygens (including phenoxy) is 1. The van der Waals surface area contributed by atoms with E-state index in [1.54, 1.807) is 7.11 Å². The van der Waals surface area contributed by atoms with Crippen molar-refractivity contribution < 1.29 is 14.1 Å². The van der Waals surface area contributed by atoms with E-state index in [9.17, 15) is 4.79 Å². The number of methoxy groups -OCH3 is 1. The zero-order chi connectivity index (χ0) is 21.9. The van der Waals surface area contributed by atoms with Gasteiger partial charge in [0, 0.05) is 30.8 Å². The fourth-order valence-electron chi connectivity index (χ4n) is 4.40. The minimum Gasteiger partial charge on any atom is -0.497 e. The van der Waals surface area contributed by atoms with E-state index in [4.69, 9.17) is 9.26 Å². The Morgan fingerprint density at radius 3 is 2.62 bits per heavy atom. The van der Waals surface area contributed by atoms with Gasteiger partial charge in [0.15, 0.2) is 0 Å². The predicted molar refractivity (Wildman–Crippen MR) is 124 cm³/mol. The molecule has 1 saturated carbocycles. The maximum atomic E-state index is 13.6. The van der Waals surface area contributed by atoms with Crippen LogP contribution in [0.15, 0.2) is 59.1 Å². The summed E-state index contributed by atoms with van der Waals surface area (Å²) in [5, 5.41) is 4.46. The molecule has 0 spiro atoms. The van der Waals surface area contributed by atoms with Crippen LogP contribution in [-0.2, 0) is 6.54 Å². The van der Waals surface area contributed by atoms with Crippen LogP contribution in [0.25, 0.3) is 11.3 Å². The SMILES string of the molecule is COc1cccc(C(=O)N(Cc2c(-c3ccccc3)noc2N2CCCC2)CC2CC2)c1. The van der Waals surface area contributed by atoms with E-state index in [0.717, 1.165) is 55.2 Å². The van der Waals surface area contributed by atoms with Crippen molar-refractivity contribution in [1.29, 1.82) is 0 Å². The van der Waals surface area contributed by atoms with E-state index in [0.29, 0.717) is 23.8 Å². The van der Waals surface area contributed by atoms with E-state index < -0.39 is 0 Å². The maximum Gasteiger partial charge on any atom is 0.254 e. The number of carbonyl (C=O) groups excluding carboxylic acids is 1. The van der Waals surface area contributed by atoms with Crippen LogP contribution >= 0.6 is 0 Å². The van der Waals surface area contributed by atoms with Gasteiger partial charge in [0.25, 0.3) is 5.91 Å². The van der Waals surface area contributed by atoms with Crippen molar-refractivity contribution in [2.45, 2.75) is 32.2 Å². The van der Waals surface area contributed by atoms with Crippen LogP contribution in [0.4, 0.5) is 5.88 Å². The number of aromatic nitrogens is 1. The van der Waals surface area contributed by atoms with E-state index in [1.807, 2.05) is 59.5 Å². The van der Waals surface area contributed by atoms with Crippen molar-refractivity contribution in [3.05, 3.63) is 65.7 Å². The molecule has 6 nitrogen and oxygen atoms in total. The van der Waals surface area contributed by atoms with Gasteiger partial charge in [-0.2, -0.15) is 0 Å². The lowest BCUT2D eigenvalue weighted by Gasteiger charge is -2.24. The molecule has 2 heterocycles. The van der Waals surface area contributed by atoms with Crippen LogP contribution < -0.4 is 9.64 Å². The quantitative estimate of drug-likeness (QED) is 0.502. The molecule has 2 fully saturated rings. The van der Waals surface area contributed by atoms with Crippen molar-refractivity contribution >= 4 is 11.8 Å². The molecule has 0 bridgehead atoms. The third kappa shape index (κ3) is 4.35. The van der Waals surface area contributed by atoms with Gasteiger partial charge in [-0.3, -0.25) is 4.79 Å². The van der Waals surface area contributed by atoms with Crippen LogP contribution in [0.3, 0.4) is 0 Å². The zero-order valence-electron chi connectivity index (χ0n) is 18.5. The second-order valence-electron chi connectivity index (χ2n) is 8.74. The van der Waals surface area contributed by atoms with Crippen molar-refractivity contribution in [3.8, 4) is 17.0 Å². The van der Waals surface area contributed by atoms with Crippen LogP contribution in [0, 0.1) is 5.92 Å². The highest BCUT2D eigenvalue weighted by Crippen LogP contribution is 2.36. The summed E-state index contributed by atoms with van der Waals surface area (Å²) < 4.78 is 11.2. The van der Waals surface area contributed by atoms with Crippen molar-refractivity contribution in [2.75, 3.05) is 31.6 Å². The number of carbonyl (C=O) groups is 1. The Morgan fingerprint density at radius 2 is 1.91 bits per heavy atom. The molecular weight excluding hydrogens is 402 g/mol. The lowest BCUT2D eigenvalue weighted by atomic mass is 10.1. The van der Waals surface area contributed by atoms with Crippen molar-refractivity contribution in [2.24, 2.45) is 5.92 Å². The minimum absolute atomic E-state index is 0.0170. The summed E-state index contributed by atoms with van der Waals surface area (Å²) in [5.74, 6) is 2.08. The number of hydrogen-bond acceptors (Lipinski definition) is 5. The molecule has 32 heavy (non-hydrogen) atoms. The highest BCUT2D eigenvalue weighted by Gasteiger charge is 2.31. The first-order chi connectivity index (χ1) is 15.7. The molecule has 1 aliphatic heterocycles. The van der Waals surface area contributed by atoms with Crippen LogP contribution in [-0.4, -0.2) is 42.7 Å². The molecule has 0 atom stereocenters. The first kappa shape index (κ1) is 20.6. The van der Waals surface area contributed by atoms with Gasteiger partial charge in [-0.1, -0.05) is 41.6 Å². The third-order valence-electron chi connectivity index (χ3n) is 6.34. The van der Waals surface area contributed by atoms with Crippen molar-refractivity contribution in [1.82, 2.24) is 10.1 Å². The largest absolute Gasteiger partial charge is 0.497 e. The van der Waals surface area contributed by atoms with E-state index in [1.165, 1.54) is 12.8 Å². The van der Waals surface area contributed by atoms with Gasteiger partial charge in [-0.25, -0.2) is 0 Å². The number of amides is 1. The van der Waals surface area contributed by atoms with Gasteiger partial charge < -0.3 is 19.1 Å². The normalized spacial score (nSPS) is 15.7. The molecule has 0 unspecified atom stereocenters. The Morgan fingerprint density at radius 1 is 1.12 bits per heavy atom. The van der Waals surface area contributed by atoms with E-state index in [-0.39, 0.29) is 5.91 Å². The Balaban J connectivity index is 1.51. The Kier molecular flexibility index (Phi) is 5.84. The van der Waals surface area contributed by atoms with Crippen LogP contribution in [0.1, 0.15) is 41.6 Å². The van der Waals surface area contributed by atoms with Crippen molar-refractivity contribution in [3.63, 3.8) is 0 Å². The smallest absolute Gasteiger partial charge is 0.254 e. The van der Waals surface area contributed by atoms with Crippen LogP contribution in [0.5, 0.6) is 5.75 Å². The Labute approximate surface area is 188 Å². The summed E-state index contributed by atoms with van der Waals surface area (Å²) in [4.78, 5) is 17.8. The molecule has 5 rings (SSSR count). The fourth-order valence-corrected chi connectivity index (χ4v) is 4.40. The molecule has 0 radical (unpaired) electrons. The highest BCUT2D eigenvalue weighted by atomic mass is 16.5. The standard InChI is InChI=1S/C26H29N3O3/c1-31-22-11-7-10-21(16-22)25(30)29(17-19-12-13-19)18-23-24(20-8-3-2-4-9-20)27-32-26(23)28-14-5-6-15-28/h2-4,7-11,16,19H,5-6,12-15,17-18H2,1H3. The molecule has 2 aromatic carbocycles. The maximum absolute atomic E-state index is 13.6. The summed E-state index contributed by atoms with van der Waals surface area (Å²) in [7, 11) is 1.62. The third-order valence-corrected chi connectivity index (χ3v) is 6.34. The van der Waals surface area contributed by atoms with Gasteiger partial charge in [0.2, 0.25) is 5.88 Å². The number of nitrogens with zero attached hydrogens (tertiary/aromatic N) is 3.